The minimum absolute atomic E-state index is 0.117. The summed E-state index contributed by atoms with van der Waals surface area (Å²) in [7, 11) is 0. The molecule has 0 saturated heterocycles. The van der Waals surface area contributed by atoms with Crippen LogP contribution >= 0.6 is 0 Å². The Hall–Kier alpha value is -5.40. The molecule has 234 valence electrons. The molecule has 0 radical (unpaired) electrons. The van der Waals surface area contributed by atoms with Crippen molar-refractivity contribution >= 4 is 16.9 Å². The van der Waals surface area contributed by atoms with Crippen molar-refractivity contribution in [3.8, 4) is 44.5 Å². The number of aryl methyl sites for hydroxylation is 3. The van der Waals surface area contributed by atoms with Crippen molar-refractivity contribution in [1.29, 1.82) is 0 Å². The van der Waals surface area contributed by atoms with Crippen molar-refractivity contribution in [3.63, 3.8) is 0 Å². The molecule has 6 aromatic rings. The molecule has 0 saturated carbocycles. The monoisotopic (exact) mass is 619 g/mol. The summed E-state index contributed by atoms with van der Waals surface area (Å²) in [5.74, 6) is 0. The average molecular weight is 620 g/mol. The predicted molar refractivity (Wildman–Crippen MR) is 206 cm³/mol. The minimum Gasteiger partial charge on any atom is -0.355 e. The molecule has 1 unspecified atom stereocenters. The maximum absolute atomic E-state index is 3.85. The first kappa shape index (κ1) is 30.0. The van der Waals surface area contributed by atoms with Crippen molar-refractivity contribution in [3.05, 3.63) is 173 Å². The summed E-state index contributed by atoms with van der Waals surface area (Å²) in [4.78, 5) is 0. The molecule has 48 heavy (non-hydrogen) atoms. The Morgan fingerprint density at radius 1 is 0.479 bits per heavy atom. The lowest BCUT2D eigenvalue weighted by atomic mass is 9.72. The standard InChI is InChI=1S/C47H41N/c1-30-12-6-8-14-37(30)41-26-34(19-18-32(41)3)35-20-22-45-42(27-35)39-16-10-11-17-40(39)43-28-36(21-23-46(43)48-45)47(5)25-24-33(4)44(29-47)38-15-9-7-13-31(38)2/h6-24,26-29,48H,25H2,1-5H3. The molecular weight excluding hydrogens is 579 g/mol. The van der Waals surface area contributed by atoms with Gasteiger partial charge < -0.3 is 5.32 Å². The molecule has 1 aliphatic heterocycles. The van der Waals surface area contributed by atoms with Gasteiger partial charge in [-0.2, -0.15) is 0 Å². The molecule has 0 bridgehead atoms. The quantitative estimate of drug-likeness (QED) is 0.207. The van der Waals surface area contributed by atoms with Crippen LogP contribution in [0.3, 0.4) is 0 Å². The van der Waals surface area contributed by atoms with E-state index in [1.807, 2.05) is 0 Å². The van der Waals surface area contributed by atoms with Crippen LogP contribution in [0.1, 0.15) is 48.1 Å². The molecule has 1 heteroatoms. The van der Waals surface area contributed by atoms with Gasteiger partial charge in [0.15, 0.2) is 0 Å². The summed E-state index contributed by atoms with van der Waals surface area (Å²) in [6.45, 7) is 11.3. The zero-order valence-electron chi connectivity index (χ0n) is 28.5. The first-order valence-electron chi connectivity index (χ1n) is 17.1. The van der Waals surface area contributed by atoms with Crippen LogP contribution in [0, 0.1) is 20.8 Å². The van der Waals surface area contributed by atoms with Gasteiger partial charge in [-0.3, -0.25) is 0 Å². The highest BCUT2D eigenvalue weighted by Gasteiger charge is 2.30. The Bertz CT molecular complexity index is 2300. The number of nitrogens with one attached hydrogen (secondary N) is 1. The second kappa shape index (κ2) is 11.7. The number of hydrogen-bond acceptors (Lipinski definition) is 1. The van der Waals surface area contributed by atoms with Gasteiger partial charge in [-0.05, 0) is 137 Å². The summed E-state index contributed by atoms with van der Waals surface area (Å²) >= 11 is 0. The van der Waals surface area contributed by atoms with Crippen molar-refractivity contribution in [2.24, 2.45) is 0 Å². The van der Waals surface area contributed by atoms with Gasteiger partial charge in [0.2, 0.25) is 0 Å². The maximum atomic E-state index is 3.85. The molecule has 0 aromatic heterocycles. The Kier molecular flexibility index (Phi) is 7.30. The SMILES string of the molecule is CC1=CCC(C)(c2ccc3c(c2)-c2ccccc2-c2cc(-c4ccc(C)c(-c5ccccc5C)c4)ccc2N3)C=C1c1ccccc1C. The number of rotatable bonds is 4. The zero-order chi connectivity index (χ0) is 33.0. The van der Waals surface area contributed by atoms with E-state index in [-0.39, 0.29) is 5.41 Å². The van der Waals surface area contributed by atoms with E-state index in [0.717, 1.165) is 17.8 Å². The van der Waals surface area contributed by atoms with Gasteiger partial charge >= 0.3 is 0 Å². The first-order valence-corrected chi connectivity index (χ1v) is 17.1. The molecule has 1 N–H and O–H groups in total. The minimum atomic E-state index is -0.117. The lowest BCUT2D eigenvalue weighted by molar-refractivity contribution is 0.599. The highest BCUT2D eigenvalue weighted by molar-refractivity contribution is 6.00. The third-order valence-electron chi connectivity index (χ3n) is 10.6. The van der Waals surface area contributed by atoms with Gasteiger partial charge in [0, 0.05) is 27.9 Å². The molecule has 1 aliphatic carbocycles. The van der Waals surface area contributed by atoms with Gasteiger partial charge in [0.1, 0.15) is 0 Å². The highest BCUT2D eigenvalue weighted by Crippen LogP contribution is 2.48. The van der Waals surface area contributed by atoms with E-state index >= 15 is 0 Å². The van der Waals surface area contributed by atoms with Gasteiger partial charge in [-0.15, -0.1) is 0 Å². The molecular formula is C47H41N. The Morgan fingerprint density at radius 2 is 1.00 bits per heavy atom. The van der Waals surface area contributed by atoms with Gasteiger partial charge in [-0.1, -0.05) is 116 Å². The zero-order valence-corrected chi connectivity index (χ0v) is 28.5. The van der Waals surface area contributed by atoms with Crippen molar-refractivity contribution in [1.82, 2.24) is 0 Å². The van der Waals surface area contributed by atoms with Crippen LogP contribution in [0.4, 0.5) is 11.4 Å². The molecule has 8 rings (SSSR count). The molecule has 0 amide bonds. The van der Waals surface area contributed by atoms with Crippen LogP contribution in [0.15, 0.2) is 145 Å². The predicted octanol–water partition coefficient (Wildman–Crippen LogP) is 13.0. The smallest absolute Gasteiger partial charge is 0.0464 e. The number of fused-ring (bicyclic) bond motifs is 5. The van der Waals surface area contributed by atoms with E-state index in [9.17, 15) is 0 Å². The fourth-order valence-corrected chi connectivity index (χ4v) is 7.68. The van der Waals surface area contributed by atoms with Crippen molar-refractivity contribution < 1.29 is 0 Å². The van der Waals surface area contributed by atoms with Gasteiger partial charge in [0.25, 0.3) is 0 Å². The summed E-state index contributed by atoms with van der Waals surface area (Å²) in [6, 6.07) is 47.1. The van der Waals surface area contributed by atoms with Gasteiger partial charge in [-0.25, -0.2) is 0 Å². The van der Waals surface area contributed by atoms with Gasteiger partial charge in [0.05, 0.1) is 0 Å². The summed E-state index contributed by atoms with van der Waals surface area (Å²) < 4.78 is 0. The highest BCUT2D eigenvalue weighted by atomic mass is 14.9. The molecule has 2 aliphatic rings. The van der Waals surface area contributed by atoms with Crippen molar-refractivity contribution in [2.75, 3.05) is 5.32 Å². The number of anilines is 2. The molecule has 1 nitrogen and oxygen atoms in total. The Balaban J connectivity index is 1.22. The lowest BCUT2D eigenvalue weighted by Gasteiger charge is -2.32. The third kappa shape index (κ3) is 5.11. The van der Waals surface area contributed by atoms with Crippen LogP contribution < -0.4 is 5.32 Å². The molecule has 0 fully saturated rings. The second-order valence-electron chi connectivity index (χ2n) is 13.9. The fraction of sp³-hybridized carbons (Fsp3) is 0.149. The molecule has 0 spiro atoms. The number of allylic oxidation sites excluding steroid dienone is 4. The van der Waals surface area contributed by atoms with Crippen LogP contribution in [0.2, 0.25) is 0 Å². The summed E-state index contributed by atoms with van der Waals surface area (Å²) in [5, 5.41) is 3.85. The molecule has 6 aromatic carbocycles. The fourth-order valence-electron chi connectivity index (χ4n) is 7.68. The summed E-state index contributed by atoms with van der Waals surface area (Å²) in [5.41, 5.74) is 21.4. The second-order valence-corrected chi connectivity index (χ2v) is 13.9. The van der Waals surface area contributed by atoms with Crippen LogP contribution in [-0.2, 0) is 5.41 Å². The maximum Gasteiger partial charge on any atom is 0.0464 e. The summed E-state index contributed by atoms with van der Waals surface area (Å²) in [6.07, 6.45) is 5.91. The number of benzene rings is 6. The van der Waals surface area contributed by atoms with E-state index < -0.39 is 0 Å². The normalized spacial score (nSPS) is 16.4. The van der Waals surface area contributed by atoms with E-state index in [2.05, 4.69) is 179 Å². The van der Waals surface area contributed by atoms with E-state index in [1.54, 1.807) is 0 Å². The Labute approximate surface area is 285 Å². The average Bonchev–Trinajstić information content (AvgIpc) is 3.24. The topological polar surface area (TPSA) is 12.0 Å². The van der Waals surface area contributed by atoms with Crippen LogP contribution in [0.25, 0.3) is 50.1 Å². The largest absolute Gasteiger partial charge is 0.355 e. The molecule has 1 heterocycles. The van der Waals surface area contributed by atoms with E-state index in [1.165, 1.54) is 83.5 Å². The van der Waals surface area contributed by atoms with Crippen molar-refractivity contribution in [2.45, 2.75) is 46.5 Å². The lowest BCUT2D eigenvalue weighted by Crippen LogP contribution is -2.22. The van der Waals surface area contributed by atoms with Crippen LogP contribution in [-0.4, -0.2) is 0 Å². The van der Waals surface area contributed by atoms with Crippen LogP contribution in [0.5, 0.6) is 0 Å². The first-order chi connectivity index (χ1) is 23.3. The Morgan fingerprint density at radius 3 is 1.67 bits per heavy atom. The number of hydrogen-bond donors (Lipinski definition) is 1. The van der Waals surface area contributed by atoms with E-state index in [0.29, 0.717) is 0 Å². The van der Waals surface area contributed by atoms with E-state index in [4.69, 9.17) is 0 Å². The molecule has 1 atom stereocenters. The third-order valence-corrected chi connectivity index (χ3v) is 10.6.